The molecule has 0 bridgehead atoms. The van der Waals surface area contributed by atoms with Crippen LogP contribution >= 0.6 is 0 Å². The van der Waals surface area contributed by atoms with Gasteiger partial charge >= 0.3 is 0 Å². The number of amides is 1. The fraction of sp³-hybridized carbons (Fsp3) is 0.259. The first-order chi connectivity index (χ1) is 17.4. The molecule has 3 unspecified atom stereocenters. The van der Waals surface area contributed by atoms with Gasteiger partial charge in [-0.25, -0.2) is 17.6 Å². The number of halogens is 4. The van der Waals surface area contributed by atoms with E-state index in [9.17, 15) is 27.3 Å². The summed E-state index contributed by atoms with van der Waals surface area (Å²) in [6.07, 6.45) is 0.621. The molecule has 1 aliphatic heterocycles. The van der Waals surface area contributed by atoms with Crippen LogP contribution < -0.4 is 0 Å². The molecular formula is C27H24F4N2O3S. The number of pyridine rings is 1. The molecule has 0 spiro atoms. The van der Waals surface area contributed by atoms with E-state index >= 15 is 4.39 Å². The zero-order valence-corrected chi connectivity index (χ0v) is 20.8. The predicted molar refractivity (Wildman–Crippen MR) is 132 cm³/mol. The predicted octanol–water partition coefficient (Wildman–Crippen LogP) is 5.08. The minimum absolute atomic E-state index is 0.0689. The molecule has 194 valence electrons. The third-order valence-corrected chi connectivity index (χ3v) is 7.15. The van der Waals surface area contributed by atoms with Crippen LogP contribution in [0.5, 0.6) is 0 Å². The maximum Gasteiger partial charge on any atom is 0.262 e. The number of hydrogen-bond acceptors (Lipinski definition) is 4. The quantitative estimate of drug-likeness (QED) is 0.431. The molecule has 1 aliphatic rings. The Morgan fingerprint density at radius 2 is 1.76 bits per heavy atom. The van der Waals surface area contributed by atoms with Crippen molar-refractivity contribution < 1.29 is 31.7 Å². The Kier molecular flexibility index (Phi) is 7.61. The Labute approximate surface area is 213 Å². The van der Waals surface area contributed by atoms with Crippen LogP contribution in [0.2, 0.25) is 0 Å². The molecule has 5 nitrogen and oxygen atoms in total. The van der Waals surface area contributed by atoms with Gasteiger partial charge in [0.05, 0.1) is 17.5 Å². The first kappa shape index (κ1) is 26.7. The molecule has 3 atom stereocenters. The lowest BCUT2D eigenvalue weighted by atomic mass is 10.00. The fourth-order valence-electron chi connectivity index (χ4n) is 3.98. The monoisotopic (exact) mass is 532 g/mol. The lowest BCUT2D eigenvalue weighted by Crippen LogP contribution is -2.42. The van der Waals surface area contributed by atoms with E-state index in [-0.39, 0.29) is 23.4 Å². The second kappa shape index (κ2) is 10.5. The van der Waals surface area contributed by atoms with E-state index < -0.39 is 57.5 Å². The molecule has 0 saturated carbocycles. The minimum Gasteiger partial charge on any atom is -0.384 e. The molecular weight excluding hydrogens is 508 g/mol. The molecule has 4 rings (SSSR count). The lowest BCUT2D eigenvalue weighted by Gasteiger charge is -2.29. The maximum absolute atomic E-state index is 15.5. The standard InChI is InChI=1S/C27H24F4N2O3S/c1-27(2,35)24-11-16(7-9-32-24)14-33(19-8-10-37(36)15-19)26(34)25(31)20-5-3-17(12-22(20)29)18-4-6-21(28)23(30)13-18/h3-13,19,25,35H,14-15H2,1-2H3. The largest absolute Gasteiger partial charge is 0.384 e. The molecule has 0 saturated heterocycles. The van der Waals surface area contributed by atoms with Crippen LogP contribution in [-0.4, -0.2) is 36.9 Å². The third-order valence-electron chi connectivity index (χ3n) is 6.02. The van der Waals surface area contributed by atoms with Crippen LogP contribution in [0.1, 0.15) is 36.8 Å². The minimum atomic E-state index is -2.38. The van der Waals surface area contributed by atoms with Gasteiger partial charge in [-0.1, -0.05) is 24.3 Å². The SMILES string of the molecule is CC(C)(O)c1cc(CN(C(=O)C(F)c2ccc(-c3ccc(F)c(F)c3)cc2F)C2C=CS(=O)C2)ccn1. The summed E-state index contributed by atoms with van der Waals surface area (Å²) in [6, 6.07) is 8.92. The first-order valence-corrected chi connectivity index (χ1v) is 12.7. The van der Waals surface area contributed by atoms with Crippen molar-refractivity contribution in [1.29, 1.82) is 0 Å². The summed E-state index contributed by atoms with van der Waals surface area (Å²) in [4.78, 5) is 18.6. The van der Waals surface area contributed by atoms with E-state index in [4.69, 9.17) is 0 Å². The molecule has 0 fully saturated rings. The highest BCUT2D eigenvalue weighted by Crippen LogP contribution is 2.31. The van der Waals surface area contributed by atoms with Gasteiger partial charge in [0.25, 0.3) is 5.91 Å². The van der Waals surface area contributed by atoms with Gasteiger partial charge in [0.15, 0.2) is 11.6 Å². The van der Waals surface area contributed by atoms with Gasteiger partial charge in [-0.15, -0.1) is 0 Å². The van der Waals surface area contributed by atoms with Crippen molar-refractivity contribution in [2.75, 3.05) is 5.75 Å². The highest BCUT2D eigenvalue weighted by Gasteiger charge is 2.34. The molecule has 1 amide bonds. The Morgan fingerprint density at radius 3 is 2.35 bits per heavy atom. The number of alkyl halides is 1. The molecule has 37 heavy (non-hydrogen) atoms. The smallest absolute Gasteiger partial charge is 0.262 e. The first-order valence-electron chi connectivity index (χ1n) is 11.4. The van der Waals surface area contributed by atoms with Crippen LogP contribution in [0, 0.1) is 17.5 Å². The number of hydrogen-bond donors (Lipinski definition) is 1. The highest BCUT2D eigenvalue weighted by molar-refractivity contribution is 7.88. The van der Waals surface area contributed by atoms with Crippen LogP contribution in [0.25, 0.3) is 11.1 Å². The Bertz CT molecular complexity index is 1390. The summed E-state index contributed by atoms with van der Waals surface area (Å²) in [5.41, 5.74) is -0.503. The molecule has 1 aromatic heterocycles. The zero-order chi connectivity index (χ0) is 26.9. The van der Waals surface area contributed by atoms with Gasteiger partial charge in [0.1, 0.15) is 11.4 Å². The number of carbonyl (C=O) groups is 1. The second-order valence-corrected chi connectivity index (χ2v) is 10.6. The number of benzene rings is 2. The number of rotatable bonds is 7. The average molecular weight is 533 g/mol. The van der Waals surface area contributed by atoms with Crippen molar-refractivity contribution in [3.63, 3.8) is 0 Å². The van der Waals surface area contributed by atoms with Crippen LogP contribution in [-0.2, 0) is 27.7 Å². The van der Waals surface area contributed by atoms with Gasteiger partial charge in [-0.3, -0.25) is 14.0 Å². The zero-order valence-electron chi connectivity index (χ0n) is 20.0. The molecule has 2 aromatic carbocycles. The van der Waals surface area contributed by atoms with E-state index in [1.807, 2.05) is 0 Å². The van der Waals surface area contributed by atoms with Crippen molar-refractivity contribution in [2.45, 2.75) is 38.2 Å². The van der Waals surface area contributed by atoms with E-state index in [1.165, 1.54) is 28.6 Å². The van der Waals surface area contributed by atoms with E-state index in [2.05, 4.69) is 4.98 Å². The van der Waals surface area contributed by atoms with Crippen molar-refractivity contribution in [3.8, 4) is 11.1 Å². The highest BCUT2D eigenvalue weighted by atomic mass is 32.2. The van der Waals surface area contributed by atoms with Crippen molar-refractivity contribution >= 4 is 16.7 Å². The maximum atomic E-state index is 15.5. The lowest BCUT2D eigenvalue weighted by molar-refractivity contribution is -0.138. The topological polar surface area (TPSA) is 70.5 Å². The Balaban J connectivity index is 1.62. The summed E-state index contributed by atoms with van der Waals surface area (Å²) in [6.45, 7) is 3.01. The van der Waals surface area contributed by atoms with E-state index in [1.54, 1.807) is 32.1 Å². The fourth-order valence-corrected chi connectivity index (χ4v) is 5.08. The molecule has 1 N–H and O–H groups in total. The number of nitrogens with zero attached hydrogens (tertiary/aromatic N) is 2. The van der Waals surface area contributed by atoms with Crippen LogP contribution in [0.3, 0.4) is 0 Å². The molecule has 2 heterocycles. The van der Waals surface area contributed by atoms with Gasteiger partial charge in [0, 0.05) is 34.5 Å². The van der Waals surface area contributed by atoms with E-state index in [0.717, 1.165) is 24.3 Å². The summed E-state index contributed by atoms with van der Waals surface area (Å²) in [5.74, 6) is -4.15. The molecule has 0 radical (unpaired) electrons. The summed E-state index contributed by atoms with van der Waals surface area (Å²) in [7, 11) is -1.34. The summed E-state index contributed by atoms with van der Waals surface area (Å²) in [5, 5.41) is 11.7. The summed E-state index contributed by atoms with van der Waals surface area (Å²) < 4.78 is 69.3. The van der Waals surface area contributed by atoms with Crippen molar-refractivity contribution in [2.24, 2.45) is 0 Å². The normalized spacial score (nSPS) is 18.1. The van der Waals surface area contributed by atoms with Crippen molar-refractivity contribution in [1.82, 2.24) is 9.88 Å². The third kappa shape index (κ3) is 5.97. The second-order valence-electron chi connectivity index (χ2n) is 9.25. The average Bonchev–Trinajstić information content (AvgIpc) is 3.29. The van der Waals surface area contributed by atoms with Gasteiger partial charge < -0.3 is 10.0 Å². The van der Waals surface area contributed by atoms with Crippen LogP contribution in [0.4, 0.5) is 17.6 Å². The Hall–Kier alpha value is -3.37. The number of aliphatic hydroxyl groups is 1. The van der Waals surface area contributed by atoms with Gasteiger partial charge in [0.2, 0.25) is 6.17 Å². The molecule has 10 heteroatoms. The number of carbonyl (C=O) groups excluding carboxylic acids is 1. The van der Waals surface area contributed by atoms with Gasteiger partial charge in [-0.05, 0) is 60.9 Å². The number of aromatic nitrogens is 1. The molecule has 0 aliphatic carbocycles. The summed E-state index contributed by atoms with van der Waals surface area (Å²) >= 11 is 0. The van der Waals surface area contributed by atoms with E-state index in [0.29, 0.717) is 11.3 Å². The molecule has 3 aromatic rings. The van der Waals surface area contributed by atoms with Gasteiger partial charge in [-0.2, -0.15) is 0 Å². The van der Waals surface area contributed by atoms with Crippen molar-refractivity contribution in [3.05, 3.63) is 100 Å². The van der Waals surface area contributed by atoms with Crippen LogP contribution in [0.15, 0.2) is 66.2 Å². The Morgan fingerprint density at radius 1 is 1.08 bits per heavy atom.